The number of aromatic nitrogens is 2. The van der Waals surface area contributed by atoms with Gasteiger partial charge in [-0.1, -0.05) is 6.07 Å². The van der Waals surface area contributed by atoms with Crippen LogP contribution in [0.3, 0.4) is 0 Å². The number of hydrogen-bond acceptors (Lipinski definition) is 4. The molecular weight excluding hydrogens is 295 g/mol. The number of carbonyl (C=O) groups excluding carboxylic acids is 1. The van der Waals surface area contributed by atoms with Gasteiger partial charge in [-0.3, -0.25) is 4.79 Å². The largest absolute Gasteiger partial charge is 0.367 e. The minimum atomic E-state index is -0.383. The SMILES string of the molecule is Cc1cc(NC2CCN(C(=O)c3cccc(F)c3)CC2)ncn1. The van der Waals surface area contributed by atoms with E-state index in [0.717, 1.165) is 24.4 Å². The van der Waals surface area contributed by atoms with E-state index in [-0.39, 0.29) is 17.8 Å². The Labute approximate surface area is 134 Å². The Morgan fingerprint density at radius 3 is 2.74 bits per heavy atom. The number of halogens is 1. The van der Waals surface area contributed by atoms with Gasteiger partial charge < -0.3 is 10.2 Å². The highest BCUT2D eigenvalue weighted by molar-refractivity contribution is 5.94. The van der Waals surface area contributed by atoms with Crippen LogP contribution in [-0.4, -0.2) is 39.9 Å². The second kappa shape index (κ2) is 6.73. The lowest BCUT2D eigenvalue weighted by Gasteiger charge is -2.32. The van der Waals surface area contributed by atoms with Crippen LogP contribution in [0, 0.1) is 12.7 Å². The van der Waals surface area contributed by atoms with Crippen molar-refractivity contribution in [3.63, 3.8) is 0 Å². The summed E-state index contributed by atoms with van der Waals surface area (Å²) in [4.78, 5) is 22.4. The number of amides is 1. The number of aryl methyl sites for hydroxylation is 1. The van der Waals surface area contributed by atoms with E-state index in [1.54, 1.807) is 23.4 Å². The van der Waals surface area contributed by atoms with Crippen LogP contribution in [0.15, 0.2) is 36.7 Å². The van der Waals surface area contributed by atoms with Gasteiger partial charge in [0, 0.05) is 36.5 Å². The third-order valence-corrected chi connectivity index (χ3v) is 4.01. The molecule has 0 spiro atoms. The number of likely N-dealkylation sites (tertiary alicyclic amines) is 1. The van der Waals surface area contributed by atoms with Crippen molar-refractivity contribution in [1.82, 2.24) is 14.9 Å². The van der Waals surface area contributed by atoms with E-state index in [0.29, 0.717) is 18.7 Å². The van der Waals surface area contributed by atoms with Crippen LogP contribution in [0.4, 0.5) is 10.2 Å². The van der Waals surface area contributed by atoms with E-state index < -0.39 is 0 Å². The summed E-state index contributed by atoms with van der Waals surface area (Å²) in [5.41, 5.74) is 1.32. The van der Waals surface area contributed by atoms with Crippen LogP contribution < -0.4 is 5.32 Å². The fraction of sp³-hybridized carbons (Fsp3) is 0.353. The van der Waals surface area contributed by atoms with Crippen molar-refractivity contribution in [2.75, 3.05) is 18.4 Å². The summed E-state index contributed by atoms with van der Waals surface area (Å²) in [6, 6.07) is 8.03. The lowest BCUT2D eigenvalue weighted by atomic mass is 10.0. The standard InChI is InChI=1S/C17H19FN4O/c1-12-9-16(20-11-19-12)21-15-5-7-22(8-6-15)17(23)13-3-2-4-14(18)10-13/h2-4,9-11,15H,5-8H2,1H3,(H,19,20,21). The average Bonchev–Trinajstić information content (AvgIpc) is 2.55. The van der Waals surface area contributed by atoms with Crippen LogP contribution in [0.1, 0.15) is 28.9 Å². The molecule has 1 amide bonds. The van der Waals surface area contributed by atoms with Gasteiger partial charge in [0.05, 0.1) is 0 Å². The van der Waals surface area contributed by atoms with Gasteiger partial charge in [0.25, 0.3) is 5.91 Å². The molecule has 2 aromatic rings. The van der Waals surface area contributed by atoms with Crippen molar-refractivity contribution >= 4 is 11.7 Å². The molecule has 1 aromatic heterocycles. The van der Waals surface area contributed by atoms with Gasteiger partial charge in [-0.05, 0) is 38.0 Å². The molecule has 1 saturated heterocycles. The molecule has 1 aliphatic heterocycles. The second-order valence-electron chi connectivity index (χ2n) is 5.77. The molecule has 3 rings (SSSR count). The lowest BCUT2D eigenvalue weighted by Crippen LogP contribution is -2.42. The molecule has 0 unspecified atom stereocenters. The Bertz CT molecular complexity index is 698. The Hall–Kier alpha value is -2.50. The Balaban J connectivity index is 1.57. The quantitative estimate of drug-likeness (QED) is 0.946. The zero-order valence-corrected chi connectivity index (χ0v) is 13.0. The van der Waals surface area contributed by atoms with E-state index in [1.165, 1.54) is 12.1 Å². The first-order valence-electron chi connectivity index (χ1n) is 7.72. The van der Waals surface area contributed by atoms with Crippen LogP contribution in [0.2, 0.25) is 0 Å². The topological polar surface area (TPSA) is 58.1 Å². The number of anilines is 1. The number of carbonyl (C=O) groups is 1. The van der Waals surface area contributed by atoms with Gasteiger partial charge in [-0.2, -0.15) is 0 Å². The normalized spacial score (nSPS) is 15.5. The van der Waals surface area contributed by atoms with Crippen molar-refractivity contribution in [3.05, 3.63) is 53.7 Å². The fourth-order valence-electron chi connectivity index (χ4n) is 2.77. The van der Waals surface area contributed by atoms with E-state index in [1.807, 2.05) is 13.0 Å². The molecule has 0 bridgehead atoms. The maximum atomic E-state index is 13.2. The smallest absolute Gasteiger partial charge is 0.253 e. The maximum Gasteiger partial charge on any atom is 0.253 e. The van der Waals surface area contributed by atoms with Crippen molar-refractivity contribution in [2.45, 2.75) is 25.8 Å². The zero-order chi connectivity index (χ0) is 16.2. The molecule has 0 atom stereocenters. The molecule has 0 saturated carbocycles. The van der Waals surface area contributed by atoms with Crippen molar-refractivity contribution in [1.29, 1.82) is 0 Å². The highest BCUT2D eigenvalue weighted by Gasteiger charge is 2.24. The number of nitrogens with zero attached hydrogens (tertiary/aromatic N) is 3. The Kier molecular flexibility index (Phi) is 4.50. The fourth-order valence-corrected chi connectivity index (χ4v) is 2.77. The summed E-state index contributed by atoms with van der Waals surface area (Å²) in [5.74, 6) is 0.319. The van der Waals surface area contributed by atoms with Gasteiger partial charge in [0.2, 0.25) is 0 Å². The zero-order valence-electron chi connectivity index (χ0n) is 13.0. The first-order valence-corrected chi connectivity index (χ1v) is 7.72. The van der Waals surface area contributed by atoms with Crippen molar-refractivity contribution in [2.24, 2.45) is 0 Å². The second-order valence-corrected chi connectivity index (χ2v) is 5.77. The number of nitrogens with one attached hydrogen (secondary N) is 1. The molecule has 23 heavy (non-hydrogen) atoms. The van der Waals surface area contributed by atoms with Gasteiger partial charge >= 0.3 is 0 Å². The average molecular weight is 314 g/mol. The van der Waals surface area contributed by atoms with Gasteiger partial charge in [-0.15, -0.1) is 0 Å². The molecule has 2 heterocycles. The van der Waals surface area contributed by atoms with Crippen LogP contribution in [0.25, 0.3) is 0 Å². The Morgan fingerprint density at radius 2 is 2.04 bits per heavy atom. The summed E-state index contributed by atoms with van der Waals surface area (Å²) >= 11 is 0. The first-order chi connectivity index (χ1) is 11.1. The predicted octanol–water partition coefficient (Wildman–Crippen LogP) is 2.64. The highest BCUT2D eigenvalue weighted by Crippen LogP contribution is 2.17. The van der Waals surface area contributed by atoms with Crippen LogP contribution in [0.5, 0.6) is 0 Å². The molecule has 120 valence electrons. The van der Waals surface area contributed by atoms with E-state index in [2.05, 4.69) is 15.3 Å². The maximum absolute atomic E-state index is 13.2. The van der Waals surface area contributed by atoms with E-state index >= 15 is 0 Å². The molecule has 0 aliphatic carbocycles. The highest BCUT2D eigenvalue weighted by atomic mass is 19.1. The molecule has 6 heteroatoms. The number of benzene rings is 1. The summed E-state index contributed by atoms with van der Waals surface area (Å²) in [6.45, 7) is 3.22. The van der Waals surface area contributed by atoms with Crippen LogP contribution in [-0.2, 0) is 0 Å². The molecular formula is C17H19FN4O. The van der Waals surface area contributed by atoms with E-state index in [4.69, 9.17) is 0 Å². The minimum Gasteiger partial charge on any atom is -0.367 e. The monoisotopic (exact) mass is 314 g/mol. The van der Waals surface area contributed by atoms with Gasteiger partial charge in [0.15, 0.2) is 0 Å². The summed E-state index contributed by atoms with van der Waals surface area (Å²) in [7, 11) is 0. The van der Waals surface area contributed by atoms with Crippen LogP contribution >= 0.6 is 0 Å². The molecule has 1 aromatic carbocycles. The lowest BCUT2D eigenvalue weighted by molar-refractivity contribution is 0.0718. The van der Waals surface area contributed by atoms with Crippen molar-refractivity contribution < 1.29 is 9.18 Å². The molecule has 1 aliphatic rings. The Morgan fingerprint density at radius 1 is 1.26 bits per heavy atom. The number of rotatable bonds is 3. The van der Waals surface area contributed by atoms with Gasteiger partial charge in [-0.25, -0.2) is 14.4 Å². The molecule has 1 N–H and O–H groups in total. The third-order valence-electron chi connectivity index (χ3n) is 4.01. The van der Waals surface area contributed by atoms with E-state index in [9.17, 15) is 9.18 Å². The molecule has 5 nitrogen and oxygen atoms in total. The van der Waals surface area contributed by atoms with Crippen molar-refractivity contribution in [3.8, 4) is 0 Å². The first kappa shape index (κ1) is 15.4. The summed E-state index contributed by atoms with van der Waals surface area (Å²) in [6.07, 6.45) is 3.22. The molecule has 1 fully saturated rings. The summed E-state index contributed by atoms with van der Waals surface area (Å²) < 4.78 is 13.2. The summed E-state index contributed by atoms with van der Waals surface area (Å²) in [5, 5.41) is 3.38. The number of piperidine rings is 1. The molecule has 0 radical (unpaired) electrons. The number of hydrogen-bond donors (Lipinski definition) is 1. The van der Waals surface area contributed by atoms with Gasteiger partial charge in [0.1, 0.15) is 18.0 Å². The predicted molar refractivity (Wildman–Crippen MR) is 85.7 cm³/mol. The minimum absolute atomic E-state index is 0.110. The third kappa shape index (κ3) is 3.83.